The van der Waals surface area contributed by atoms with E-state index in [1.165, 1.54) is 37.1 Å². The maximum atomic E-state index is 5.97. The van der Waals surface area contributed by atoms with Crippen molar-refractivity contribution in [1.29, 1.82) is 0 Å². The third-order valence-corrected chi connectivity index (χ3v) is 5.27. The highest BCUT2D eigenvalue weighted by molar-refractivity contribution is 6.30. The summed E-state index contributed by atoms with van der Waals surface area (Å²) in [4.78, 5) is 5.06. The maximum Gasteiger partial charge on any atom is 0.0534 e. The van der Waals surface area contributed by atoms with Gasteiger partial charge in [0.1, 0.15) is 0 Å². The third-order valence-electron chi connectivity index (χ3n) is 5.01. The van der Waals surface area contributed by atoms with E-state index in [1.54, 1.807) is 0 Å². The van der Waals surface area contributed by atoms with Crippen LogP contribution in [0.2, 0.25) is 5.02 Å². The van der Waals surface area contributed by atoms with Crippen LogP contribution in [0, 0.1) is 5.92 Å². The van der Waals surface area contributed by atoms with E-state index in [0.29, 0.717) is 0 Å². The van der Waals surface area contributed by atoms with Crippen LogP contribution in [-0.4, -0.2) is 52.8 Å². The third kappa shape index (κ3) is 5.84. The SMILES string of the molecule is CN(Cc1cnn(C)c1)C[C@@H]1CCCN(CCc2ccc(Cl)cc2)C1. The molecule has 0 radical (unpaired) electrons. The van der Waals surface area contributed by atoms with E-state index in [2.05, 4.69) is 40.3 Å². The van der Waals surface area contributed by atoms with Gasteiger partial charge in [-0.15, -0.1) is 0 Å². The molecule has 0 spiro atoms. The van der Waals surface area contributed by atoms with E-state index in [1.807, 2.05) is 30.1 Å². The fourth-order valence-corrected chi connectivity index (χ4v) is 3.94. The lowest BCUT2D eigenvalue weighted by Gasteiger charge is -2.34. The predicted molar refractivity (Wildman–Crippen MR) is 104 cm³/mol. The molecule has 3 rings (SSSR count). The second-order valence-electron chi connectivity index (χ2n) is 7.40. The molecular formula is C20H29ClN4. The summed E-state index contributed by atoms with van der Waals surface area (Å²) >= 11 is 5.97. The van der Waals surface area contributed by atoms with Crippen LogP contribution < -0.4 is 0 Å². The Kier molecular flexibility index (Phi) is 6.51. The molecule has 2 heterocycles. The van der Waals surface area contributed by atoms with Gasteiger partial charge in [-0.3, -0.25) is 4.68 Å². The second kappa shape index (κ2) is 8.84. The summed E-state index contributed by atoms with van der Waals surface area (Å²) in [6, 6.07) is 8.27. The molecule has 136 valence electrons. The number of aromatic nitrogens is 2. The number of hydrogen-bond acceptors (Lipinski definition) is 3. The molecule has 0 amide bonds. The Labute approximate surface area is 156 Å². The number of piperidine rings is 1. The summed E-state index contributed by atoms with van der Waals surface area (Å²) in [5.41, 5.74) is 2.67. The molecule has 1 saturated heterocycles. The number of nitrogens with zero attached hydrogens (tertiary/aromatic N) is 4. The highest BCUT2D eigenvalue weighted by Crippen LogP contribution is 2.19. The molecule has 4 nitrogen and oxygen atoms in total. The first-order valence-electron chi connectivity index (χ1n) is 9.21. The first-order chi connectivity index (χ1) is 12.1. The molecule has 5 heteroatoms. The number of halogens is 1. The molecular weight excluding hydrogens is 332 g/mol. The van der Waals surface area contributed by atoms with Crippen LogP contribution in [0.5, 0.6) is 0 Å². The van der Waals surface area contributed by atoms with E-state index < -0.39 is 0 Å². The summed E-state index contributed by atoms with van der Waals surface area (Å²) in [5.74, 6) is 0.764. The average Bonchev–Trinajstić information content (AvgIpc) is 2.99. The fraction of sp³-hybridized carbons (Fsp3) is 0.550. The highest BCUT2D eigenvalue weighted by atomic mass is 35.5. The summed E-state index contributed by atoms with van der Waals surface area (Å²) < 4.78 is 1.88. The van der Waals surface area contributed by atoms with Gasteiger partial charge in [0, 0.05) is 50.0 Å². The van der Waals surface area contributed by atoms with Crippen LogP contribution in [0.15, 0.2) is 36.7 Å². The van der Waals surface area contributed by atoms with E-state index in [0.717, 1.165) is 37.0 Å². The standard InChI is InChI=1S/C20H29ClN4/c1-23(14-19-12-22-24(2)15-19)13-18-4-3-10-25(16-18)11-9-17-5-7-20(21)8-6-17/h5-8,12,15,18H,3-4,9-11,13-14,16H2,1-2H3/t18-/m0/s1. The lowest BCUT2D eigenvalue weighted by Crippen LogP contribution is -2.40. The van der Waals surface area contributed by atoms with Crippen LogP contribution in [0.4, 0.5) is 0 Å². The van der Waals surface area contributed by atoms with E-state index in [9.17, 15) is 0 Å². The number of benzene rings is 1. The van der Waals surface area contributed by atoms with Crippen LogP contribution >= 0.6 is 11.6 Å². The summed E-state index contributed by atoms with van der Waals surface area (Å²) in [6.45, 7) is 5.73. The van der Waals surface area contributed by atoms with Crippen molar-refractivity contribution in [3.05, 3.63) is 52.8 Å². The first-order valence-corrected chi connectivity index (χ1v) is 9.59. The monoisotopic (exact) mass is 360 g/mol. The minimum absolute atomic E-state index is 0.764. The van der Waals surface area contributed by atoms with E-state index in [4.69, 9.17) is 11.6 Å². The number of likely N-dealkylation sites (tertiary alicyclic amines) is 1. The van der Waals surface area contributed by atoms with Gasteiger partial charge < -0.3 is 9.80 Å². The Hall–Kier alpha value is -1.36. The summed E-state index contributed by atoms with van der Waals surface area (Å²) in [5, 5.41) is 5.08. The predicted octanol–water partition coefficient (Wildman–Crippen LogP) is 3.46. The normalized spacial score (nSPS) is 18.8. The zero-order valence-corrected chi connectivity index (χ0v) is 16.1. The number of aryl methyl sites for hydroxylation is 1. The Bertz CT molecular complexity index is 652. The minimum atomic E-state index is 0.764. The molecule has 2 aromatic rings. The molecule has 1 aliphatic heterocycles. The van der Waals surface area contributed by atoms with E-state index >= 15 is 0 Å². The second-order valence-corrected chi connectivity index (χ2v) is 7.84. The van der Waals surface area contributed by atoms with Gasteiger partial charge in [-0.2, -0.15) is 5.10 Å². The minimum Gasteiger partial charge on any atom is -0.303 e. The Morgan fingerprint density at radius 3 is 2.76 bits per heavy atom. The van der Waals surface area contributed by atoms with Crippen LogP contribution in [0.1, 0.15) is 24.0 Å². The van der Waals surface area contributed by atoms with Crippen LogP contribution in [0.25, 0.3) is 0 Å². The molecule has 1 atom stereocenters. The number of hydrogen-bond donors (Lipinski definition) is 0. The molecule has 1 aliphatic rings. The zero-order chi connectivity index (χ0) is 17.6. The average molecular weight is 361 g/mol. The summed E-state index contributed by atoms with van der Waals surface area (Å²) in [6.07, 6.45) is 7.84. The van der Waals surface area contributed by atoms with Crippen molar-refractivity contribution < 1.29 is 0 Å². The van der Waals surface area contributed by atoms with Crippen LogP contribution in [0.3, 0.4) is 0 Å². The van der Waals surface area contributed by atoms with Gasteiger partial charge in [0.05, 0.1) is 6.20 Å². The van der Waals surface area contributed by atoms with Crippen molar-refractivity contribution in [2.75, 3.05) is 33.2 Å². The largest absolute Gasteiger partial charge is 0.303 e. The van der Waals surface area contributed by atoms with Gasteiger partial charge in [0.2, 0.25) is 0 Å². The Morgan fingerprint density at radius 2 is 2.04 bits per heavy atom. The molecule has 0 aliphatic carbocycles. The molecule has 1 aromatic heterocycles. The first kappa shape index (κ1) is 18.4. The zero-order valence-electron chi connectivity index (χ0n) is 15.4. The van der Waals surface area contributed by atoms with Gasteiger partial charge in [-0.1, -0.05) is 23.7 Å². The lowest BCUT2D eigenvalue weighted by atomic mass is 9.97. The van der Waals surface area contributed by atoms with Gasteiger partial charge in [0.25, 0.3) is 0 Å². The quantitative estimate of drug-likeness (QED) is 0.755. The molecule has 0 bridgehead atoms. The molecule has 1 aromatic carbocycles. The van der Waals surface area contributed by atoms with Crippen LogP contribution in [-0.2, 0) is 20.0 Å². The van der Waals surface area contributed by atoms with Gasteiger partial charge in [0.15, 0.2) is 0 Å². The summed E-state index contributed by atoms with van der Waals surface area (Å²) in [7, 11) is 4.20. The topological polar surface area (TPSA) is 24.3 Å². The fourth-order valence-electron chi connectivity index (χ4n) is 3.81. The van der Waals surface area contributed by atoms with Gasteiger partial charge in [-0.05, 0) is 56.5 Å². The van der Waals surface area contributed by atoms with Gasteiger partial charge >= 0.3 is 0 Å². The van der Waals surface area contributed by atoms with Crippen molar-refractivity contribution in [2.24, 2.45) is 13.0 Å². The molecule has 0 saturated carbocycles. The molecule has 1 fully saturated rings. The number of rotatable bonds is 7. The van der Waals surface area contributed by atoms with Crippen molar-refractivity contribution in [1.82, 2.24) is 19.6 Å². The molecule has 0 N–H and O–H groups in total. The van der Waals surface area contributed by atoms with E-state index in [-0.39, 0.29) is 0 Å². The highest BCUT2D eigenvalue weighted by Gasteiger charge is 2.21. The van der Waals surface area contributed by atoms with Crippen molar-refractivity contribution >= 4 is 11.6 Å². The smallest absolute Gasteiger partial charge is 0.0534 e. The Morgan fingerprint density at radius 1 is 1.24 bits per heavy atom. The maximum absolute atomic E-state index is 5.97. The van der Waals surface area contributed by atoms with Crippen molar-refractivity contribution in [3.63, 3.8) is 0 Å². The lowest BCUT2D eigenvalue weighted by molar-refractivity contribution is 0.142. The molecule has 25 heavy (non-hydrogen) atoms. The molecule has 0 unspecified atom stereocenters. The van der Waals surface area contributed by atoms with Crippen molar-refractivity contribution in [3.8, 4) is 0 Å². The van der Waals surface area contributed by atoms with Gasteiger partial charge in [-0.25, -0.2) is 0 Å². The Balaban J connectivity index is 1.43. The van der Waals surface area contributed by atoms with Crippen molar-refractivity contribution in [2.45, 2.75) is 25.8 Å².